The van der Waals surface area contributed by atoms with Crippen LogP contribution in [0.2, 0.25) is 0 Å². The first kappa shape index (κ1) is 17.4. The third kappa shape index (κ3) is 3.98. The van der Waals surface area contributed by atoms with E-state index in [0.717, 1.165) is 31.6 Å². The Morgan fingerprint density at radius 3 is 2.67 bits per heavy atom. The van der Waals surface area contributed by atoms with E-state index in [2.05, 4.69) is 30.7 Å². The Labute approximate surface area is 144 Å². The molecule has 0 aliphatic carbocycles. The van der Waals surface area contributed by atoms with Gasteiger partial charge in [0, 0.05) is 18.5 Å². The Morgan fingerprint density at radius 1 is 1.25 bits per heavy atom. The number of hydrogen-bond donors (Lipinski definition) is 0. The first-order valence-electron chi connectivity index (χ1n) is 9.01. The summed E-state index contributed by atoms with van der Waals surface area (Å²) in [7, 11) is 0. The molecule has 3 rings (SSSR count). The van der Waals surface area contributed by atoms with Gasteiger partial charge in [-0.1, -0.05) is 27.2 Å². The Kier molecular flexibility index (Phi) is 5.25. The van der Waals surface area contributed by atoms with Crippen LogP contribution in [0.15, 0.2) is 10.6 Å². The van der Waals surface area contributed by atoms with E-state index < -0.39 is 0 Å². The molecular formula is C18H29N3O3. The molecule has 0 saturated carbocycles. The van der Waals surface area contributed by atoms with Gasteiger partial charge < -0.3 is 14.1 Å². The van der Waals surface area contributed by atoms with E-state index in [1.807, 2.05) is 11.1 Å². The van der Waals surface area contributed by atoms with Crippen LogP contribution in [-0.4, -0.2) is 59.6 Å². The lowest BCUT2D eigenvalue weighted by Crippen LogP contribution is -2.53. The third-order valence-corrected chi connectivity index (χ3v) is 4.85. The van der Waals surface area contributed by atoms with Crippen LogP contribution in [0.4, 0.5) is 0 Å². The van der Waals surface area contributed by atoms with E-state index in [-0.39, 0.29) is 17.4 Å². The summed E-state index contributed by atoms with van der Waals surface area (Å²) >= 11 is 0. The fourth-order valence-electron chi connectivity index (χ4n) is 3.36. The maximum absolute atomic E-state index is 12.9. The van der Waals surface area contributed by atoms with E-state index in [9.17, 15) is 4.79 Å². The predicted molar refractivity (Wildman–Crippen MR) is 90.7 cm³/mol. The quantitative estimate of drug-likeness (QED) is 0.847. The van der Waals surface area contributed by atoms with Gasteiger partial charge in [-0.05, 0) is 19.4 Å². The highest BCUT2D eigenvalue weighted by Crippen LogP contribution is 2.25. The molecule has 6 nitrogen and oxygen atoms in total. The van der Waals surface area contributed by atoms with E-state index in [1.54, 1.807) is 0 Å². The minimum absolute atomic E-state index is 0.0455. The normalized spacial score (nSPS) is 23.5. The van der Waals surface area contributed by atoms with Crippen LogP contribution in [0, 0.1) is 0 Å². The molecular weight excluding hydrogens is 306 g/mol. The average molecular weight is 335 g/mol. The molecule has 1 amide bonds. The number of nitrogens with zero attached hydrogens (tertiary/aromatic N) is 3. The monoisotopic (exact) mass is 335 g/mol. The van der Waals surface area contributed by atoms with E-state index in [4.69, 9.17) is 9.15 Å². The molecule has 1 unspecified atom stereocenters. The molecule has 0 radical (unpaired) electrons. The summed E-state index contributed by atoms with van der Waals surface area (Å²) in [5.41, 5.74) is -0.0455. The first-order chi connectivity index (χ1) is 11.4. The molecule has 1 aromatic heterocycles. The number of carbonyl (C=O) groups is 1. The Hall–Kier alpha value is -1.40. The van der Waals surface area contributed by atoms with Gasteiger partial charge in [0.2, 0.25) is 11.8 Å². The van der Waals surface area contributed by atoms with Crippen molar-refractivity contribution in [2.75, 3.05) is 32.8 Å². The number of amides is 1. The third-order valence-electron chi connectivity index (χ3n) is 4.85. The number of aromatic nitrogens is 1. The molecule has 1 aromatic rings. The topological polar surface area (TPSA) is 58.8 Å². The van der Waals surface area contributed by atoms with Crippen LogP contribution in [0.1, 0.15) is 51.7 Å². The SMILES string of the molecule is CC(C)(C)c1cnc(CN2CCCCC2C(=O)N2CCOCC2)o1. The number of piperidine rings is 1. The lowest BCUT2D eigenvalue weighted by atomic mass is 9.94. The summed E-state index contributed by atoms with van der Waals surface area (Å²) in [6.07, 6.45) is 4.97. The minimum Gasteiger partial charge on any atom is -0.444 e. The fraction of sp³-hybridized carbons (Fsp3) is 0.778. The Morgan fingerprint density at radius 2 is 2.00 bits per heavy atom. The molecule has 0 spiro atoms. The number of ether oxygens (including phenoxy) is 1. The molecule has 0 aromatic carbocycles. The standard InChI is InChI=1S/C18H29N3O3/c1-18(2,3)15-12-19-16(24-15)13-21-7-5-4-6-14(21)17(22)20-8-10-23-11-9-20/h12,14H,4-11,13H2,1-3H3. The zero-order valence-electron chi connectivity index (χ0n) is 15.1. The number of rotatable bonds is 3. The highest BCUT2D eigenvalue weighted by atomic mass is 16.5. The smallest absolute Gasteiger partial charge is 0.240 e. The molecule has 1 atom stereocenters. The predicted octanol–water partition coefficient (Wildman–Crippen LogP) is 2.19. The summed E-state index contributed by atoms with van der Waals surface area (Å²) < 4.78 is 11.3. The first-order valence-corrected chi connectivity index (χ1v) is 9.01. The van der Waals surface area contributed by atoms with Gasteiger partial charge in [0.05, 0.1) is 32.0 Å². The molecule has 6 heteroatoms. The highest BCUT2D eigenvalue weighted by molar-refractivity contribution is 5.82. The summed E-state index contributed by atoms with van der Waals surface area (Å²) in [4.78, 5) is 21.5. The van der Waals surface area contributed by atoms with Gasteiger partial charge in [-0.2, -0.15) is 0 Å². The zero-order valence-corrected chi connectivity index (χ0v) is 15.1. The maximum Gasteiger partial charge on any atom is 0.240 e. The lowest BCUT2D eigenvalue weighted by molar-refractivity contribution is -0.142. The number of oxazole rings is 1. The van der Waals surface area contributed by atoms with E-state index in [0.29, 0.717) is 38.7 Å². The number of morpholine rings is 1. The van der Waals surface area contributed by atoms with Gasteiger partial charge in [-0.25, -0.2) is 4.98 Å². The van der Waals surface area contributed by atoms with Crippen LogP contribution in [0.3, 0.4) is 0 Å². The van der Waals surface area contributed by atoms with Crippen molar-refractivity contribution in [1.82, 2.24) is 14.8 Å². The van der Waals surface area contributed by atoms with Crippen LogP contribution in [0.25, 0.3) is 0 Å². The lowest BCUT2D eigenvalue weighted by Gasteiger charge is -2.38. The summed E-state index contributed by atoms with van der Waals surface area (Å²) in [6, 6.07) is -0.0539. The van der Waals surface area contributed by atoms with E-state index in [1.165, 1.54) is 0 Å². The van der Waals surface area contributed by atoms with Crippen LogP contribution in [-0.2, 0) is 21.5 Å². The number of likely N-dealkylation sites (tertiary alicyclic amines) is 1. The molecule has 2 saturated heterocycles. The van der Waals surface area contributed by atoms with Crippen LogP contribution >= 0.6 is 0 Å². The highest BCUT2D eigenvalue weighted by Gasteiger charge is 2.33. The fourth-order valence-corrected chi connectivity index (χ4v) is 3.36. The van der Waals surface area contributed by atoms with Gasteiger partial charge in [-0.3, -0.25) is 9.69 Å². The van der Waals surface area contributed by atoms with Crippen molar-refractivity contribution in [3.05, 3.63) is 17.8 Å². The summed E-state index contributed by atoms with van der Waals surface area (Å²) in [5, 5.41) is 0. The van der Waals surface area contributed by atoms with Crippen molar-refractivity contribution in [2.24, 2.45) is 0 Å². The summed E-state index contributed by atoms with van der Waals surface area (Å²) in [5.74, 6) is 1.84. The second-order valence-electron chi connectivity index (χ2n) is 7.79. The second-order valence-corrected chi connectivity index (χ2v) is 7.79. The van der Waals surface area contributed by atoms with Crippen molar-refractivity contribution in [3.8, 4) is 0 Å². The van der Waals surface area contributed by atoms with Crippen molar-refractivity contribution in [3.63, 3.8) is 0 Å². The molecule has 0 N–H and O–H groups in total. The summed E-state index contributed by atoms with van der Waals surface area (Å²) in [6.45, 7) is 10.6. The van der Waals surface area contributed by atoms with Gasteiger partial charge in [-0.15, -0.1) is 0 Å². The Balaban J connectivity index is 1.68. The van der Waals surface area contributed by atoms with Crippen molar-refractivity contribution < 1.29 is 13.9 Å². The molecule has 0 bridgehead atoms. The average Bonchev–Trinajstić information content (AvgIpc) is 3.04. The molecule has 24 heavy (non-hydrogen) atoms. The van der Waals surface area contributed by atoms with Gasteiger partial charge >= 0.3 is 0 Å². The van der Waals surface area contributed by atoms with E-state index >= 15 is 0 Å². The molecule has 2 aliphatic rings. The van der Waals surface area contributed by atoms with Crippen molar-refractivity contribution in [2.45, 2.75) is 58.0 Å². The largest absolute Gasteiger partial charge is 0.444 e. The minimum atomic E-state index is -0.0539. The molecule has 134 valence electrons. The molecule has 2 aliphatic heterocycles. The molecule has 3 heterocycles. The number of hydrogen-bond acceptors (Lipinski definition) is 5. The zero-order chi connectivity index (χ0) is 17.2. The van der Waals surface area contributed by atoms with Gasteiger partial charge in [0.1, 0.15) is 5.76 Å². The van der Waals surface area contributed by atoms with Crippen LogP contribution < -0.4 is 0 Å². The number of carbonyl (C=O) groups excluding carboxylic acids is 1. The van der Waals surface area contributed by atoms with Gasteiger partial charge in [0.15, 0.2) is 0 Å². The van der Waals surface area contributed by atoms with Crippen LogP contribution in [0.5, 0.6) is 0 Å². The van der Waals surface area contributed by atoms with Crippen molar-refractivity contribution >= 4 is 5.91 Å². The van der Waals surface area contributed by atoms with Crippen molar-refractivity contribution in [1.29, 1.82) is 0 Å². The Bertz CT molecular complexity index is 558. The molecule has 2 fully saturated rings. The second kappa shape index (κ2) is 7.23. The maximum atomic E-state index is 12.9. The van der Waals surface area contributed by atoms with Gasteiger partial charge in [0.25, 0.3) is 0 Å².